The maximum Gasteiger partial charge on any atom is 0.222 e. The highest BCUT2D eigenvalue weighted by atomic mass is 16.2. The summed E-state index contributed by atoms with van der Waals surface area (Å²) in [6, 6.07) is 0.315. The number of nitrogens with zero attached hydrogens (tertiary/aromatic N) is 1. The molecule has 0 aliphatic carbocycles. The Hall–Kier alpha value is -0.570. The summed E-state index contributed by atoms with van der Waals surface area (Å²) in [7, 11) is 0. The molecule has 0 aromatic rings. The number of amides is 1. The van der Waals surface area contributed by atoms with Crippen LogP contribution in [0.4, 0.5) is 0 Å². The molecular weight excluding hydrogens is 176 g/mol. The molecular formula is C11H22N2O. The normalized spacial score (nSPS) is 19.9. The Bertz CT molecular complexity index is 182. The Morgan fingerprint density at radius 3 is 2.93 bits per heavy atom. The zero-order chi connectivity index (χ0) is 10.4. The first kappa shape index (κ1) is 11.5. The molecule has 82 valence electrons. The van der Waals surface area contributed by atoms with Gasteiger partial charge in [0.15, 0.2) is 0 Å². The molecule has 2 N–H and O–H groups in total. The van der Waals surface area contributed by atoms with Gasteiger partial charge in [-0.15, -0.1) is 0 Å². The third-order valence-electron chi connectivity index (χ3n) is 2.95. The van der Waals surface area contributed by atoms with Crippen molar-refractivity contribution in [2.45, 2.75) is 51.5 Å². The van der Waals surface area contributed by atoms with Crippen LogP contribution in [0.3, 0.4) is 0 Å². The first-order valence-corrected chi connectivity index (χ1v) is 5.77. The molecule has 0 aromatic carbocycles. The van der Waals surface area contributed by atoms with Gasteiger partial charge in [0.1, 0.15) is 0 Å². The molecule has 1 atom stereocenters. The maximum absolute atomic E-state index is 11.4. The molecule has 1 rings (SSSR count). The average Bonchev–Trinajstić information content (AvgIpc) is 2.20. The minimum absolute atomic E-state index is 0.315. The van der Waals surface area contributed by atoms with Gasteiger partial charge in [0.05, 0.1) is 0 Å². The Kier molecular flexibility index (Phi) is 4.94. The van der Waals surface area contributed by atoms with Crippen LogP contribution in [0.5, 0.6) is 0 Å². The maximum atomic E-state index is 11.4. The van der Waals surface area contributed by atoms with Gasteiger partial charge in [0.25, 0.3) is 0 Å². The predicted octanol–water partition coefficient (Wildman–Crippen LogP) is 1.52. The van der Waals surface area contributed by atoms with Crippen molar-refractivity contribution in [3.05, 3.63) is 0 Å². The van der Waals surface area contributed by atoms with E-state index in [2.05, 4.69) is 6.92 Å². The van der Waals surface area contributed by atoms with Crippen LogP contribution in [0.2, 0.25) is 0 Å². The van der Waals surface area contributed by atoms with Crippen LogP contribution in [0.15, 0.2) is 0 Å². The van der Waals surface area contributed by atoms with Crippen LogP contribution in [0.1, 0.15) is 45.4 Å². The lowest BCUT2D eigenvalue weighted by atomic mass is 10.1. The minimum atomic E-state index is 0.315. The molecule has 1 aliphatic rings. The fraction of sp³-hybridized carbons (Fsp3) is 0.909. The molecule has 1 aliphatic heterocycles. The van der Waals surface area contributed by atoms with Gasteiger partial charge < -0.3 is 10.6 Å². The van der Waals surface area contributed by atoms with Gasteiger partial charge in [0.2, 0.25) is 5.91 Å². The van der Waals surface area contributed by atoms with Crippen molar-refractivity contribution in [2.75, 3.05) is 13.1 Å². The Balaban J connectivity index is 2.13. The fourth-order valence-corrected chi connectivity index (χ4v) is 1.85. The number of nitrogens with two attached hydrogens (primary N) is 1. The zero-order valence-electron chi connectivity index (χ0n) is 9.17. The second kappa shape index (κ2) is 6.02. The molecule has 0 radical (unpaired) electrons. The van der Waals surface area contributed by atoms with Crippen LogP contribution in [-0.4, -0.2) is 29.9 Å². The number of hydrogen-bond donors (Lipinski definition) is 1. The molecule has 1 amide bonds. The number of carbonyl (C=O) groups excluding carboxylic acids is 1. The Labute approximate surface area is 86.6 Å². The standard InChI is InChI=1S/C11H22N2O/c1-2-10(12)6-5-9-13-8-4-3-7-11(13)14/h10H,2-9,12H2,1H3. The number of rotatable bonds is 5. The molecule has 1 unspecified atom stereocenters. The summed E-state index contributed by atoms with van der Waals surface area (Å²) in [4.78, 5) is 13.4. The summed E-state index contributed by atoms with van der Waals surface area (Å²) < 4.78 is 0. The lowest BCUT2D eigenvalue weighted by Crippen LogP contribution is -2.36. The zero-order valence-corrected chi connectivity index (χ0v) is 9.17. The van der Waals surface area contributed by atoms with Crippen molar-refractivity contribution in [1.82, 2.24) is 4.90 Å². The van der Waals surface area contributed by atoms with Gasteiger partial charge in [-0.1, -0.05) is 6.92 Å². The van der Waals surface area contributed by atoms with Gasteiger partial charge in [0, 0.05) is 25.6 Å². The summed E-state index contributed by atoms with van der Waals surface area (Å²) >= 11 is 0. The van der Waals surface area contributed by atoms with Crippen molar-refractivity contribution in [3.8, 4) is 0 Å². The highest BCUT2D eigenvalue weighted by Gasteiger charge is 2.17. The Morgan fingerprint density at radius 2 is 2.29 bits per heavy atom. The van der Waals surface area contributed by atoms with Gasteiger partial charge in [-0.3, -0.25) is 4.79 Å². The molecule has 0 spiro atoms. The third kappa shape index (κ3) is 3.66. The number of likely N-dealkylation sites (tertiary alicyclic amines) is 1. The van der Waals surface area contributed by atoms with Gasteiger partial charge in [-0.2, -0.15) is 0 Å². The van der Waals surface area contributed by atoms with E-state index in [0.717, 1.165) is 45.2 Å². The molecule has 14 heavy (non-hydrogen) atoms. The number of piperidine rings is 1. The highest BCUT2D eigenvalue weighted by molar-refractivity contribution is 5.76. The monoisotopic (exact) mass is 198 g/mol. The van der Waals surface area contributed by atoms with Crippen molar-refractivity contribution in [2.24, 2.45) is 5.73 Å². The smallest absolute Gasteiger partial charge is 0.222 e. The van der Waals surface area contributed by atoms with Gasteiger partial charge in [-0.05, 0) is 32.1 Å². The van der Waals surface area contributed by atoms with Crippen molar-refractivity contribution >= 4 is 5.91 Å². The fourth-order valence-electron chi connectivity index (χ4n) is 1.85. The van der Waals surface area contributed by atoms with E-state index in [1.807, 2.05) is 4.90 Å². The van der Waals surface area contributed by atoms with E-state index >= 15 is 0 Å². The van der Waals surface area contributed by atoms with Gasteiger partial charge >= 0.3 is 0 Å². The quantitative estimate of drug-likeness (QED) is 0.728. The largest absolute Gasteiger partial charge is 0.343 e. The lowest BCUT2D eigenvalue weighted by molar-refractivity contribution is -0.133. The molecule has 0 bridgehead atoms. The molecule has 3 nitrogen and oxygen atoms in total. The number of hydrogen-bond acceptors (Lipinski definition) is 2. The summed E-state index contributed by atoms with van der Waals surface area (Å²) in [5.41, 5.74) is 5.82. The lowest BCUT2D eigenvalue weighted by Gasteiger charge is -2.27. The Morgan fingerprint density at radius 1 is 1.50 bits per heavy atom. The SMILES string of the molecule is CCC(N)CCCN1CCCCC1=O. The summed E-state index contributed by atoms with van der Waals surface area (Å²) in [5, 5.41) is 0. The second-order valence-electron chi connectivity index (χ2n) is 4.15. The van der Waals surface area contributed by atoms with E-state index in [1.165, 1.54) is 6.42 Å². The molecule has 1 fully saturated rings. The van der Waals surface area contributed by atoms with E-state index < -0.39 is 0 Å². The van der Waals surface area contributed by atoms with E-state index in [9.17, 15) is 4.79 Å². The van der Waals surface area contributed by atoms with Crippen LogP contribution >= 0.6 is 0 Å². The molecule has 3 heteroatoms. The highest BCUT2D eigenvalue weighted by Crippen LogP contribution is 2.11. The van der Waals surface area contributed by atoms with Crippen LogP contribution < -0.4 is 5.73 Å². The van der Waals surface area contributed by atoms with Crippen LogP contribution in [-0.2, 0) is 4.79 Å². The van der Waals surface area contributed by atoms with E-state index in [1.54, 1.807) is 0 Å². The molecule has 1 heterocycles. The average molecular weight is 198 g/mol. The molecule has 0 aromatic heterocycles. The van der Waals surface area contributed by atoms with Crippen LogP contribution in [0.25, 0.3) is 0 Å². The summed E-state index contributed by atoms with van der Waals surface area (Å²) in [5.74, 6) is 0.335. The van der Waals surface area contributed by atoms with Crippen molar-refractivity contribution in [1.29, 1.82) is 0 Å². The minimum Gasteiger partial charge on any atom is -0.343 e. The van der Waals surface area contributed by atoms with E-state index in [0.29, 0.717) is 11.9 Å². The van der Waals surface area contributed by atoms with Crippen molar-refractivity contribution in [3.63, 3.8) is 0 Å². The summed E-state index contributed by atoms with van der Waals surface area (Å²) in [6.07, 6.45) is 6.13. The van der Waals surface area contributed by atoms with Crippen LogP contribution in [0, 0.1) is 0 Å². The summed E-state index contributed by atoms with van der Waals surface area (Å²) in [6.45, 7) is 3.98. The van der Waals surface area contributed by atoms with E-state index in [-0.39, 0.29) is 0 Å². The predicted molar refractivity (Wildman–Crippen MR) is 57.9 cm³/mol. The topological polar surface area (TPSA) is 46.3 Å². The van der Waals surface area contributed by atoms with Gasteiger partial charge in [-0.25, -0.2) is 0 Å². The first-order chi connectivity index (χ1) is 6.74. The molecule has 1 saturated heterocycles. The third-order valence-corrected chi connectivity index (χ3v) is 2.95. The first-order valence-electron chi connectivity index (χ1n) is 5.77. The number of carbonyl (C=O) groups is 1. The second-order valence-corrected chi connectivity index (χ2v) is 4.15. The van der Waals surface area contributed by atoms with E-state index in [4.69, 9.17) is 5.73 Å². The van der Waals surface area contributed by atoms with Crippen molar-refractivity contribution < 1.29 is 4.79 Å². The molecule has 0 saturated carbocycles.